The van der Waals surface area contributed by atoms with E-state index in [1.165, 1.54) is 0 Å². The number of alkyl halides is 2. The molecule has 1 saturated heterocycles. The fourth-order valence-corrected chi connectivity index (χ4v) is 5.28. The first-order valence-electron chi connectivity index (χ1n) is 9.33. The maximum atomic E-state index is 14.8. The van der Waals surface area contributed by atoms with Crippen LogP contribution in [0.25, 0.3) is 11.5 Å². The number of nitrogens with zero attached hydrogens (tertiary/aromatic N) is 3. The molecule has 3 fully saturated rings. The fraction of sp³-hybridized carbons (Fsp3) is 0.556. The summed E-state index contributed by atoms with van der Waals surface area (Å²) in [5.41, 5.74) is 0.577. The second-order valence-corrected chi connectivity index (χ2v) is 9.52. The second kappa shape index (κ2) is 5.80. The molecule has 2 N–H and O–H groups in total. The van der Waals surface area contributed by atoms with Gasteiger partial charge in [-0.2, -0.15) is 17.7 Å². The molecule has 0 radical (unpaired) electrons. The Morgan fingerprint density at radius 3 is 2.50 bits per heavy atom. The molecule has 0 amide bonds. The quantitative estimate of drug-likeness (QED) is 0.835. The predicted molar refractivity (Wildman–Crippen MR) is 95.7 cm³/mol. The number of nitrogens with two attached hydrogens (primary N) is 1. The van der Waals surface area contributed by atoms with Crippen molar-refractivity contribution in [3.8, 4) is 11.5 Å². The predicted octanol–water partition coefficient (Wildman–Crippen LogP) is 2.63. The van der Waals surface area contributed by atoms with Crippen LogP contribution in [0.5, 0.6) is 0 Å². The molecular weight excluding hydrogens is 390 g/mol. The van der Waals surface area contributed by atoms with Gasteiger partial charge in [0, 0.05) is 18.7 Å². The van der Waals surface area contributed by atoms with Crippen molar-refractivity contribution in [1.82, 2.24) is 14.4 Å². The lowest BCUT2D eigenvalue weighted by atomic mass is 9.91. The molecule has 150 valence electrons. The van der Waals surface area contributed by atoms with E-state index in [0.29, 0.717) is 5.92 Å². The van der Waals surface area contributed by atoms with Crippen LogP contribution >= 0.6 is 0 Å². The highest BCUT2D eigenvalue weighted by molar-refractivity contribution is 7.86. The molecule has 1 spiro atoms. The first-order valence-corrected chi connectivity index (χ1v) is 10.8. The zero-order valence-corrected chi connectivity index (χ0v) is 15.8. The van der Waals surface area contributed by atoms with Gasteiger partial charge in [0.25, 0.3) is 22.0 Å². The Hall–Kier alpha value is -1.91. The highest BCUT2D eigenvalue weighted by Gasteiger charge is 2.82. The van der Waals surface area contributed by atoms with E-state index in [1.807, 2.05) is 24.3 Å². The van der Waals surface area contributed by atoms with Crippen LogP contribution < -0.4 is 5.14 Å². The van der Waals surface area contributed by atoms with Crippen molar-refractivity contribution in [3.63, 3.8) is 0 Å². The van der Waals surface area contributed by atoms with E-state index in [9.17, 15) is 17.2 Å². The summed E-state index contributed by atoms with van der Waals surface area (Å²) in [5, 5.41) is 8.98. The van der Waals surface area contributed by atoms with Gasteiger partial charge in [-0.15, -0.1) is 0 Å². The van der Waals surface area contributed by atoms with Gasteiger partial charge < -0.3 is 4.52 Å². The molecular formula is C18H20F2N4O3S. The Balaban J connectivity index is 1.41. The van der Waals surface area contributed by atoms with Crippen LogP contribution in [0.1, 0.15) is 48.9 Å². The molecule has 7 nitrogen and oxygen atoms in total. The minimum absolute atomic E-state index is 0.00495. The van der Waals surface area contributed by atoms with Crippen molar-refractivity contribution in [2.24, 2.45) is 10.6 Å². The van der Waals surface area contributed by atoms with Crippen LogP contribution in [0.3, 0.4) is 0 Å². The molecule has 0 bridgehead atoms. The maximum absolute atomic E-state index is 14.8. The van der Waals surface area contributed by atoms with Gasteiger partial charge in [0.15, 0.2) is 5.82 Å². The van der Waals surface area contributed by atoms with E-state index >= 15 is 0 Å². The van der Waals surface area contributed by atoms with Crippen LogP contribution in [-0.4, -0.2) is 41.9 Å². The first-order chi connectivity index (χ1) is 13.2. The van der Waals surface area contributed by atoms with Gasteiger partial charge in [0.2, 0.25) is 0 Å². The number of halogens is 2. The van der Waals surface area contributed by atoms with Gasteiger partial charge in [0.1, 0.15) is 0 Å². The largest absolute Gasteiger partial charge is 0.334 e. The smallest absolute Gasteiger partial charge is 0.276 e. The summed E-state index contributed by atoms with van der Waals surface area (Å²) in [4.78, 5) is 4.31. The number of hydrogen-bond donors (Lipinski definition) is 1. The average Bonchev–Trinajstić information content (AvgIpc) is 3.50. The minimum Gasteiger partial charge on any atom is -0.334 e. The molecule has 10 heteroatoms. The Bertz CT molecular complexity index is 1030. The zero-order chi connectivity index (χ0) is 19.7. The molecule has 1 aromatic carbocycles. The lowest BCUT2D eigenvalue weighted by Gasteiger charge is -2.30. The van der Waals surface area contributed by atoms with E-state index in [0.717, 1.165) is 28.3 Å². The average molecular weight is 410 g/mol. The van der Waals surface area contributed by atoms with Gasteiger partial charge in [-0.05, 0) is 43.2 Å². The summed E-state index contributed by atoms with van der Waals surface area (Å²) in [5.74, 6) is -3.43. The molecule has 2 aliphatic carbocycles. The molecule has 1 aromatic heterocycles. The van der Waals surface area contributed by atoms with Crippen LogP contribution in [0.4, 0.5) is 8.78 Å². The topological polar surface area (TPSA) is 102 Å². The van der Waals surface area contributed by atoms with Gasteiger partial charge in [-0.25, -0.2) is 13.9 Å². The molecule has 3 aliphatic rings. The lowest BCUT2D eigenvalue weighted by molar-refractivity contribution is 0.0411. The molecule has 2 heterocycles. The van der Waals surface area contributed by atoms with Crippen molar-refractivity contribution in [3.05, 3.63) is 35.7 Å². The Morgan fingerprint density at radius 1 is 1.18 bits per heavy atom. The highest BCUT2D eigenvalue weighted by atomic mass is 32.2. The summed E-state index contributed by atoms with van der Waals surface area (Å²) in [6, 6.07) is 7.68. The molecule has 1 atom stereocenters. The Kier molecular flexibility index (Phi) is 3.76. The summed E-state index contributed by atoms with van der Waals surface area (Å²) in [7, 11) is -3.87. The monoisotopic (exact) mass is 410 g/mol. The van der Waals surface area contributed by atoms with Gasteiger partial charge in [-0.1, -0.05) is 23.4 Å². The zero-order valence-electron chi connectivity index (χ0n) is 15.0. The molecule has 0 unspecified atom stereocenters. The maximum Gasteiger partial charge on any atom is 0.276 e. The third-order valence-electron chi connectivity index (χ3n) is 6.38. The minimum atomic E-state index is -3.87. The third-order valence-corrected chi connectivity index (χ3v) is 7.46. The van der Waals surface area contributed by atoms with Crippen LogP contribution in [0.15, 0.2) is 28.8 Å². The fourth-order valence-electron chi connectivity index (χ4n) is 4.58. The number of piperidine rings is 1. The molecule has 1 aliphatic heterocycles. The standard InChI is InChI=1S/C18H20F2N4O3S/c19-18(20)14(17(18)7-9-24(10-8-17)28(21,25)26)15-22-16(27-23-15)13-4-2-1-3-12(13)11-5-6-11/h1-4,11,14H,5-10H2,(H2,21,25,26)/t14-/m0/s1. The van der Waals surface area contributed by atoms with Crippen molar-refractivity contribution in [1.29, 1.82) is 0 Å². The third kappa shape index (κ3) is 2.61. The molecule has 5 rings (SSSR count). The normalized spacial score (nSPS) is 26.5. The summed E-state index contributed by atoms with van der Waals surface area (Å²) in [6.45, 7) is -0.0553. The number of aromatic nitrogens is 2. The Morgan fingerprint density at radius 2 is 1.86 bits per heavy atom. The second-order valence-electron chi connectivity index (χ2n) is 7.98. The van der Waals surface area contributed by atoms with Crippen LogP contribution in [0.2, 0.25) is 0 Å². The summed E-state index contributed by atoms with van der Waals surface area (Å²) >= 11 is 0. The van der Waals surface area contributed by atoms with Gasteiger partial charge in [0.05, 0.1) is 11.3 Å². The number of benzene rings is 1. The van der Waals surface area contributed by atoms with Crippen molar-refractivity contribution in [2.45, 2.75) is 43.4 Å². The van der Waals surface area contributed by atoms with Gasteiger partial charge >= 0.3 is 0 Å². The molecule has 2 saturated carbocycles. The number of rotatable bonds is 4. The van der Waals surface area contributed by atoms with Crippen LogP contribution in [-0.2, 0) is 10.2 Å². The van der Waals surface area contributed by atoms with E-state index in [1.54, 1.807) is 0 Å². The molecule has 28 heavy (non-hydrogen) atoms. The van der Waals surface area contributed by atoms with Crippen molar-refractivity contribution in [2.75, 3.05) is 13.1 Å². The lowest BCUT2D eigenvalue weighted by Crippen LogP contribution is -2.43. The van der Waals surface area contributed by atoms with E-state index in [4.69, 9.17) is 9.66 Å². The van der Waals surface area contributed by atoms with Crippen molar-refractivity contribution >= 4 is 10.2 Å². The van der Waals surface area contributed by atoms with E-state index in [-0.39, 0.29) is 37.6 Å². The highest BCUT2D eigenvalue weighted by Crippen LogP contribution is 2.75. The Labute approximate surface area is 161 Å². The van der Waals surface area contributed by atoms with E-state index < -0.39 is 27.5 Å². The summed E-state index contributed by atoms with van der Waals surface area (Å²) in [6.07, 6.45) is 2.23. The number of hydrogen-bond acceptors (Lipinski definition) is 5. The van der Waals surface area contributed by atoms with E-state index in [2.05, 4.69) is 10.1 Å². The summed E-state index contributed by atoms with van der Waals surface area (Å²) < 4.78 is 58.8. The van der Waals surface area contributed by atoms with Gasteiger partial charge in [-0.3, -0.25) is 0 Å². The van der Waals surface area contributed by atoms with Crippen LogP contribution in [0, 0.1) is 5.41 Å². The first kappa shape index (κ1) is 18.1. The SMILES string of the molecule is NS(=O)(=O)N1CCC2(CC1)[C@H](c1noc(-c3ccccc3C3CC3)n1)C2(F)F. The molecule has 2 aromatic rings. The van der Waals surface area contributed by atoms with Crippen molar-refractivity contribution < 1.29 is 21.7 Å².